The second-order valence-corrected chi connectivity index (χ2v) is 4.99. The highest BCUT2D eigenvalue weighted by Gasteiger charge is 2.12. The van der Waals surface area contributed by atoms with Crippen LogP contribution in [0.15, 0.2) is 16.6 Å². The van der Waals surface area contributed by atoms with Crippen LogP contribution in [-0.4, -0.2) is 24.1 Å². The van der Waals surface area contributed by atoms with E-state index in [4.69, 9.17) is 11.6 Å². The minimum atomic E-state index is 0.275. The van der Waals surface area contributed by atoms with Gasteiger partial charge in [-0.05, 0) is 46.1 Å². The molecule has 0 saturated heterocycles. The summed E-state index contributed by atoms with van der Waals surface area (Å²) in [5.74, 6) is 0.825. The summed E-state index contributed by atoms with van der Waals surface area (Å²) in [5.41, 5.74) is 1.98. The largest absolute Gasteiger partial charge is 0.362 e. The third-order valence-electron chi connectivity index (χ3n) is 2.38. The first-order chi connectivity index (χ1) is 7.50. The maximum Gasteiger partial charge on any atom is 0.224 e. The summed E-state index contributed by atoms with van der Waals surface area (Å²) in [6.45, 7) is 2.01. The molecule has 0 fully saturated rings. The molecule has 0 spiro atoms. The molecule has 0 radical (unpaired) electrons. The van der Waals surface area contributed by atoms with Gasteiger partial charge in [0.2, 0.25) is 5.28 Å². The minimum absolute atomic E-state index is 0.275. The molecule has 0 saturated carbocycles. The molecule has 0 amide bonds. The highest BCUT2D eigenvalue weighted by molar-refractivity contribution is 9.10. The van der Waals surface area contributed by atoms with E-state index in [0.717, 1.165) is 26.8 Å². The molecule has 0 unspecified atom stereocenters. The maximum atomic E-state index is 5.93. The first kappa shape index (κ1) is 11.6. The molecule has 1 aromatic heterocycles. The zero-order chi connectivity index (χ0) is 11.9. The van der Waals surface area contributed by atoms with Crippen LogP contribution in [0.4, 0.5) is 5.82 Å². The molecule has 2 aromatic rings. The van der Waals surface area contributed by atoms with Gasteiger partial charge < -0.3 is 4.90 Å². The fourth-order valence-electron chi connectivity index (χ4n) is 1.61. The number of aryl methyl sites for hydroxylation is 1. The van der Waals surface area contributed by atoms with E-state index in [1.165, 1.54) is 0 Å². The van der Waals surface area contributed by atoms with Crippen LogP contribution in [0, 0.1) is 6.92 Å². The quantitative estimate of drug-likeness (QED) is 0.756. The molecule has 0 aliphatic carbocycles. The Labute approximate surface area is 108 Å². The number of hydrogen-bond donors (Lipinski definition) is 0. The minimum Gasteiger partial charge on any atom is -0.362 e. The molecule has 3 nitrogen and oxygen atoms in total. The van der Waals surface area contributed by atoms with Crippen molar-refractivity contribution >= 4 is 44.3 Å². The van der Waals surface area contributed by atoms with Crippen LogP contribution in [-0.2, 0) is 0 Å². The molecule has 1 heterocycles. The Kier molecular flexibility index (Phi) is 3.04. The molecule has 16 heavy (non-hydrogen) atoms. The van der Waals surface area contributed by atoms with E-state index in [0.29, 0.717) is 0 Å². The van der Waals surface area contributed by atoms with Crippen molar-refractivity contribution in [2.45, 2.75) is 6.92 Å². The molecular formula is C11H11BrClN3. The number of halogens is 2. The van der Waals surface area contributed by atoms with Gasteiger partial charge in [-0.3, -0.25) is 0 Å². The molecule has 84 valence electrons. The molecule has 0 bridgehead atoms. The van der Waals surface area contributed by atoms with Gasteiger partial charge >= 0.3 is 0 Å². The van der Waals surface area contributed by atoms with Crippen molar-refractivity contribution in [2.24, 2.45) is 0 Å². The van der Waals surface area contributed by atoms with Crippen LogP contribution in [0.3, 0.4) is 0 Å². The molecule has 5 heteroatoms. The van der Waals surface area contributed by atoms with Gasteiger partial charge in [0.05, 0.1) is 10.9 Å². The van der Waals surface area contributed by atoms with E-state index in [9.17, 15) is 0 Å². The lowest BCUT2D eigenvalue weighted by Gasteiger charge is -2.15. The lowest BCUT2D eigenvalue weighted by Crippen LogP contribution is -2.12. The van der Waals surface area contributed by atoms with E-state index in [1.54, 1.807) is 0 Å². The van der Waals surface area contributed by atoms with Gasteiger partial charge in [-0.1, -0.05) is 6.07 Å². The normalized spacial score (nSPS) is 10.8. The summed E-state index contributed by atoms with van der Waals surface area (Å²) in [4.78, 5) is 10.5. The van der Waals surface area contributed by atoms with E-state index >= 15 is 0 Å². The molecule has 0 N–H and O–H groups in total. The standard InChI is InChI=1S/C11H11BrClN3/c1-6-4-5-7(12)8-9(6)14-11(13)15-10(8)16(2)3/h4-5H,1-3H3. The fourth-order valence-corrected chi connectivity index (χ4v) is 2.27. The Morgan fingerprint density at radius 3 is 2.56 bits per heavy atom. The number of rotatable bonds is 1. The topological polar surface area (TPSA) is 29.0 Å². The van der Waals surface area contributed by atoms with Crippen LogP contribution in [0.5, 0.6) is 0 Å². The van der Waals surface area contributed by atoms with Crippen molar-refractivity contribution in [1.82, 2.24) is 9.97 Å². The molecule has 0 aliphatic heterocycles. The van der Waals surface area contributed by atoms with Gasteiger partial charge in [-0.15, -0.1) is 0 Å². The fraction of sp³-hybridized carbons (Fsp3) is 0.273. The third-order valence-corrected chi connectivity index (χ3v) is 3.21. The van der Waals surface area contributed by atoms with E-state index in [1.807, 2.05) is 38.1 Å². The number of benzene rings is 1. The van der Waals surface area contributed by atoms with Crippen LogP contribution >= 0.6 is 27.5 Å². The summed E-state index contributed by atoms with van der Waals surface area (Å²) in [7, 11) is 3.87. The summed E-state index contributed by atoms with van der Waals surface area (Å²) in [6.07, 6.45) is 0. The first-order valence-corrected chi connectivity index (χ1v) is 5.97. The summed E-state index contributed by atoms with van der Waals surface area (Å²) in [6, 6.07) is 4.01. The highest BCUT2D eigenvalue weighted by Crippen LogP contribution is 2.32. The zero-order valence-corrected chi connectivity index (χ0v) is 11.6. The predicted molar refractivity (Wildman–Crippen MR) is 71.3 cm³/mol. The van der Waals surface area contributed by atoms with Crippen LogP contribution in [0.1, 0.15) is 5.56 Å². The van der Waals surface area contributed by atoms with E-state index < -0.39 is 0 Å². The van der Waals surface area contributed by atoms with Crippen molar-refractivity contribution < 1.29 is 0 Å². The van der Waals surface area contributed by atoms with Gasteiger partial charge in [0.25, 0.3) is 0 Å². The second-order valence-electron chi connectivity index (χ2n) is 3.80. The number of anilines is 1. The van der Waals surface area contributed by atoms with Crippen molar-refractivity contribution in [3.8, 4) is 0 Å². The summed E-state index contributed by atoms with van der Waals surface area (Å²) < 4.78 is 0.980. The van der Waals surface area contributed by atoms with E-state index in [-0.39, 0.29) is 5.28 Å². The Bertz CT molecular complexity index is 554. The van der Waals surface area contributed by atoms with Crippen LogP contribution in [0.2, 0.25) is 5.28 Å². The average molecular weight is 301 g/mol. The highest BCUT2D eigenvalue weighted by atomic mass is 79.9. The van der Waals surface area contributed by atoms with Crippen molar-refractivity contribution in [2.75, 3.05) is 19.0 Å². The van der Waals surface area contributed by atoms with Gasteiger partial charge in [0.15, 0.2) is 0 Å². The number of hydrogen-bond acceptors (Lipinski definition) is 3. The summed E-state index contributed by atoms with van der Waals surface area (Å²) >= 11 is 9.45. The number of aromatic nitrogens is 2. The Balaban J connectivity index is 2.95. The van der Waals surface area contributed by atoms with Crippen molar-refractivity contribution in [1.29, 1.82) is 0 Å². The zero-order valence-electron chi connectivity index (χ0n) is 9.25. The molecular weight excluding hydrogens is 289 g/mol. The monoisotopic (exact) mass is 299 g/mol. The van der Waals surface area contributed by atoms with Gasteiger partial charge in [-0.25, -0.2) is 4.98 Å². The lowest BCUT2D eigenvalue weighted by molar-refractivity contribution is 1.06. The first-order valence-electron chi connectivity index (χ1n) is 4.80. The average Bonchev–Trinajstić information content (AvgIpc) is 2.22. The molecule has 0 atom stereocenters. The number of nitrogens with zero attached hydrogens (tertiary/aromatic N) is 3. The smallest absolute Gasteiger partial charge is 0.224 e. The van der Waals surface area contributed by atoms with Crippen LogP contribution in [0.25, 0.3) is 10.9 Å². The summed E-state index contributed by atoms with van der Waals surface area (Å²) in [5, 5.41) is 1.27. The Morgan fingerprint density at radius 1 is 1.25 bits per heavy atom. The molecule has 0 aliphatic rings. The van der Waals surface area contributed by atoms with Crippen LogP contribution < -0.4 is 4.90 Å². The van der Waals surface area contributed by atoms with Crippen molar-refractivity contribution in [3.63, 3.8) is 0 Å². The lowest BCUT2D eigenvalue weighted by atomic mass is 10.1. The molecule has 2 rings (SSSR count). The Hall–Kier alpha value is -0.870. The third kappa shape index (κ3) is 1.87. The second kappa shape index (κ2) is 4.18. The maximum absolute atomic E-state index is 5.93. The van der Waals surface area contributed by atoms with Gasteiger partial charge in [0, 0.05) is 18.6 Å². The SMILES string of the molecule is Cc1ccc(Br)c2c(N(C)C)nc(Cl)nc12. The van der Waals surface area contributed by atoms with E-state index in [2.05, 4.69) is 25.9 Å². The predicted octanol–water partition coefficient (Wildman–Crippen LogP) is 3.42. The van der Waals surface area contributed by atoms with Crippen molar-refractivity contribution in [3.05, 3.63) is 27.5 Å². The Morgan fingerprint density at radius 2 is 1.94 bits per heavy atom. The number of fused-ring (bicyclic) bond motifs is 1. The van der Waals surface area contributed by atoms with Gasteiger partial charge in [0.1, 0.15) is 5.82 Å². The molecule has 1 aromatic carbocycles. The van der Waals surface area contributed by atoms with Gasteiger partial charge in [-0.2, -0.15) is 4.98 Å².